The first kappa shape index (κ1) is 17.4. The highest BCUT2D eigenvalue weighted by Crippen LogP contribution is 2.33. The third kappa shape index (κ3) is 4.14. The lowest BCUT2D eigenvalue weighted by atomic mass is 10.0. The van der Waals surface area contributed by atoms with Crippen molar-refractivity contribution >= 4 is 5.91 Å². The quantitative estimate of drug-likeness (QED) is 0.898. The van der Waals surface area contributed by atoms with Crippen molar-refractivity contribution in [2.24, 2.45) is 0 Å². The lowest BCUT2D eigenvalue weighted by Crippen LogP contribution is -2.39. The maximum absolute atomic E-state index is 11.8. The van der Waals surface area contributed by atoms with E-state index in [0.717, 1.165) is 40.4 Å². The summed E-state index contributed by atoms with van der Waals surface area (Å²) in [5.41, 5.74) is 4.92. The van der Waals surface area contributed by atoms with E-state index in [1.165, 1.54) is 0 Å². The van der Waals surface area contributed by atoms with Gasteiger partial charge in [0.25, 0.3) is 0 Å². The number of ether oxygens (including phenoxy) is 1. The van der Waals surface area contributed by atoms with Gasteiger partial charge in [0.05, 0.1) is 30.2 Å². The van der Waals surface area contributed by atoms with Crippen molar-refractivity contribution in [2.45, 2.75) is 26.4 Å². The van der Waals surface area contributed by atoms with E-state index in [0.29, 0.717) is 13.1 Å². The van der Waals surface area contributed by atoms with E-state index in [4.69, 9.17) is 4.74 Å². The Bertz CT molecular complexity index is 789. The zero-order valence-corrected chi connectivity index (χ0v) is 15.2. The minimum Gasteiger partial charge on any atom is -0.488 e. The molecule has 0 aliphatic carbocycles. The highest BCUT2D eigenvalue weighted by molar-refractivity contribution is 5.78. The predicted molar refractivity (Wildman–Crippen MR) is 96.6 cm³/mol. The second kappa shape index (κ2) is 7.19. The van der Waals surface area contributed by atoms with Crippen LogP contribution in [0.15, 0.2) is 24.4 Å². The maximum Gasteiger partial charge on any atom is 0.234 e. The van der Waals surface area contributed by atoms with Gasteiger partial charge in [0.2, 0.25) is 5.91 Å². The molecule has 1 aromatic carbocycles. The highest BCUT2D eigenvalue weighted by Gasteiger charge is 2.24. The lowest BCUT2D eigenvalue weighted by Gasteiger charge is -2.13. The van der Waals surface area contributed by atoms with Gasteiger partial charge in [-0.2, -0.15) is 0 Å². The Morgan fingerprint density at radius 2 is 2.16 bits per heavy atom. The monoisotopic (exact) mass is 340 g/mol. The van der Waals surface area contributed by atoms with Crippen LogP contribution in [-0.2, 0) is 11.2 Å². The van der Waals surface area contributed by atoms with Crippen LogP contribution in [-0.4, -0.2) is 54.1 Å². The van der Waals surface area contributed by atoms with Crippen LogP contribution >= 0.6 is 0 Å². The van der Waals surface area contributed by atoms with Crippen molar-refractivity contribution in [1.82, 2.24) is 20.2 Å². The summed E-state index contributed by atoms with van der Waals surface area (Å²) in [6.45, 7) is 4.81. The van der Waals surface area contributed by atoms with Crippen LogP contribution in [0.4, 0.5) is 0 Å². The standard InChI is InChI=1S/C19H24N4O2/c1-12-9-20-13(2)19(22-12)14-5-6-17-15(7-14)8-16(25-17)10-21-18(24)11-23(3)4/h5-7,9,16H,8,10-11H2,1-4H3,(H,21,24)/t16-/m1/s1. The number of carbonyl (C=O) groups is 1. The van der Waals surface area contributed by atoms with Gasteiger partial charge in [-0.05, 0) is 51.7 Å². The molecule has 0 radical (unpaired) electrons. The largest absolute Gasteiger partial charge is 0.488 e. The Kier molecular flexibility index (Phi) is 4.99. The number of nitrogens with one attached hydrogen (secondary N) is 1. The second-order valence-electron chi connectivity index (χ2n) is 6.75. The van der Waals surface area contributed by atoms with Gasteiger partial charge in [0.1, 0.15) is 11.9 Å². The molecule has 1 N–H and O–H groups in total. The number of hydrogen-bond donors (Lipinski definition) is 1. The molecule has 1 aromatic heterocycles. The average Bonchev–Trinajstić information content (AvgIpc) is 2.96. The number of aryl methyl sites for hydroxylation is 2. The van der Waals surface area contributed by atoms with Crippen LogP contribution in [0.25, 0.3) is 11.3 Å². The maximum atomic E-state index is 11.8. The van der Waals surface area contributed by atoms with E-state index in [1.54, 1.807) is 6.20 Å². The van der Waals surface area contributed by atoms with E-state index >= 15 is 0 Å². The summed E-state index contributed by atoms with van der Waals surface area (Å²) < 4.78 is 5.94. The fourth-order valence-corrected chi connectivity index (χ4v) is 2.96. The molecule has 6 heteroatoms. The minimum absolute atomic E-state index is 0.0101. The van der Waals surface area contributed by atoms with Crippen molar-refractivity contribution in [3.05, 3.63) is 41.3 Å². The van der Waals surface area contributed by atoms with Crippen molar-refractivity contribution in [2.75, 3.05) is 27.2 Å². The molecule has 6 nitrogen and oxygen atoms in total. The topological polar surface area (TPSA) is 67.4 Å². The van der Waals surface area contributed by atoms with Gasteiger partial charge < -0.3 is 15.0 Å². The van der Waals surface area contributed by atoms with Crippen molar-refractivity contribution in [3.63, 3.8) is 0 Å². The van der Waals surface area contributed by atoms with Crippen LogP contribution < -0.4 is 10.1 Å². The minimum atomic E-state index is -0.0268. The zero-order chi connectivity index (χ0) is 18.0. The number of amides is 1. The van der Waals surface area contributed by atoms with Crippen LogP contribution in [0, 0.1) is 13.8 Å². The first-order valence-corrected chi connectivity index (χ1v) is 8.44. The molecule has 3 rings (SSSR count). The molecule has 1 amide bonds. The predicted octanol–water partition coefficient (Wildman–Crippen LogP) is 1.74. The molecule has 1 atom stereocenters. The molecule has 0 unspecified atom stereocenters. The van der Waals surface area contributed by atoms with Gasteiger partial charge in [0.15, 0.2) is 0 Å². The van der Waals surface area contributed by atoms with Gasteiger partial charge in [-0.15, -0.1) is 0 Å². The van der Waals surface area contributed by atoms with Crippen molar-refractivity contribution < 1.29 is 9.53 Å². The Morgan fingerprint density at radius 1 is 1.36 bits per heavy atom. The fraction of sp³-hybridized carbons (Fsp3) is 0.421. The van der Waals surface area contributed by atoms with E-state index in [-0.39, 0.29) is 12.0 Å². The third-order valence-corrected chi connectivity index (χ3v) is 4.14. The summed E-state index contributed by atoms with van der Waals surface area (Å²) in [6, 6.07) is 6.12. The SMILES string of the molecule is Cc1cnc(C)c(-c2ccc3c(c2)C[C@H](CNC(=O)CN(C)C)O3)n1. The smallest absolute Gasteiger partial charge is 0.234 e. The van der Waals surface area contributed by atoms with E-state index in [9.17, 15) is 4.79 Å². The number of nitrogens with zero attached hydrogens (tertiary/aromatic N) is 3. The van der Waals surface area contributed by atoms with E-state index in [1.807, 2.05) is 45.0 Å². The molecule has 0 saturated carbocycles. The Hall–Kier alpha value is -2.47. The molecule has 2 heterocycles. The molecule has 0 spiro atoms. The van der Waals surface area contributed by atoms with Gasteiger partial charge in [0, 0.05) is 18.2 Å². The average molecular weight is 340 g/mol. The van der Waals surface area contributed by atoms with E-state index < -0.39 is 0 Å². The van der Waals surface area contributed by atoms with E-state index in [2.05, 4.69) is 21.4 Å². The number of aromatic nitrogens is 2. The van der Waals surface area contributed by atoms with Crippen LogP contribution in [0.5, 0.6) is 5.75 Å². The van der Waals surface area contributed by atoms with Gasteiger partial charge >= 0.3 is 0 Å². The normalized spacial score (nSPS) is 15.8. The van der Waals surface area contributed by atoms with Crippen LogP contribution in [0.1, 0.15) is 17.0 Å². The highest BCUT2D eigenvalue weighted by atomic mass is 16.5. The van der Waals surface area contributed by atoms with Gasteiger partial charge in [-0.3, -0.25) is 9.78 Å². The molecular weight excluding hydrogens is 316 g/mol. The summed E-state index contributed by atoms with van der Waals surface area (Å²) >= 11 is 0. The molecular formula is C19H24N4O2. The molecule has 0 bridgehead atoms. The third-order valence-electron chi connectivity index (χ3n) is 4.14. The number of carbonyl (C=O) groups excluding carboxylic acids is 1. The Morgan fingerprint density at radius 3 is 2.92 bits per heavy atom. The summed E-state index contributed by atoms with van der Waals surface area (Å²) in [5, 5.41) is 2.93. The summed E-state index contributed by atoms with van der Waals surface area (Å²) in [7, 11) is 3.75. The zero-order valence-electron chi connectivity index (χ0n) is 15.2. The first-order chi connectivity index (χ1) is 11.9. The molecule has 2 aromatic rings. The number of fused-ring (bicyclic) bond motifs is 1. The number of likely N-dealkylation sites (N-methyl/N-ethyl adjacent to an activating group) is 1. The molecule has 0 fully saturated rings. The molecule has 25 heavy (non-hydrogen) atoms. The Labute approximate surface area is 148 Å². The summed E-state index contributed by atoms with van der Waals surface area (Å²) in [6.07, 6.45) is 2.53. The van der Waals surface area contributed by atoms with Crippen molar-refractivity contribution in [1.29, 1.82) is 0 Å². The Balaban J connectivity index is 1.68. The summed E-state index contributed by atoms with van der Waals surface area (Å²) in [4.78, 5) is 22.6. The van der Waals surface area contributed by atoms with Crippen molar-refractivity contribution in [3.8, 4) is 17.0 Å². The van der Waals surface area contributed by atoms with Gasteiger partial charge in [-0.1, -0.05) is 0 Å². The number of rotatable bonds is 5. The molecule has 1 aliphatic rings. The lowest BCUT2D eigenvalue weighted by molar-refractivity contribution is -0.122. The number of benzene rings is 1. The van der Waals surface area contributed by atoms with Crippen LogP contribution in [0.2, 0.25) is 0 Å². The molecule has 132 valence electrons. The fourth-order valence-electron chi connectivity index (χ4n) is 2.96. The molecule has 0 saturated heterocycles. The first-order valence-electron chi connectivity index (χ1n) is 8.44. The van der Waals surface area contributed by atoms with Crippen LogP contribution in [0.3, 0.4) is 0 Å². The number of hydrogen-bond acceptors (Lipinski definition) is 5. The summed E-state index contributed by atoms with van der Waals surface area (Å²) in [5.74, 6) is 0.893. The molecule has 1 aliphatic heterocycles. The second-order valence-corrected chi connectivity index (χ2v) is 6.75. The van der Waals surface area contributed by atoms with Gasteiger partial charge in [-0.25, -0.2) is 4.98 Å².